The minimum absolute atomic E-state index is 0. The van der Waals surface area contributed by atoms with E-state index >= 15 is 0 Å². The van der Waals surface area contributed by atoms with Gasteiger partial charge in [0.25, 0.3) is 0 Å². The van der Waals surface area contributed by atoms with Crippen LogP contribution >= 0.6 is 12.4 Å². The highest BCUT2D eigenvalue weighted by atomic mass is 35.5. The zero-order valence-electron chi connectivity index (χ0n) is 15.0. The lowest BCUT2D eigenvalue weighted by Gasteiger charge is -2.36. The van der Waals surface area contributed by atoms with E-state index in [0.717, 1.165) is 30.8 Å². The molecule has 2 N–H and O–H groups in total. The fourth-order valence-electron chi connectivity index (χ4n) is 3.23. The van der Waals surface area contributed by atoms with E-state index in [1.165, 1.54) is 12.1 Å². The van der Waals surface area contributed by atoms with E-state index in [0.29, 0.717) is 25.9 Å². The fourth-order valence-corrected chi connectivity index (χ4v) is 3.23. The minimum Gasteiger partial charge on any atom is -0.384 e. The van der Waals surface area contributed by atoms with Crippen LogP contribution in [-0.2, 0) is 22.1 Å². The number of nitrogens with one attached hydrogen (secondary N) is 2. The molecule has 26 heavy (non-hydrogen) atoms. The molecule has 1 aromatic rings. The summed E-state index contributed by atoms with van der Waals surface area (Å²) in [6.45, 7) is 3.76. The number of hydrogen-bond donors (Lipinski definition) is 2. The van der Waals surface area contributed by atoms with Crippen LogP contribution in [0.4, 0.5) is 13.2 Å². The van der Waals surface area contributed by atoms with E-state index in [2.05, 4.69) is 10.6 Å². The van der Waals surface area contributed by atoms with Gasteiger partial charge in [-0.3, -0.25) is 4.79 Å². The average Bonchev–Trinajstić information content (AvgIpc) is 2.55. The minimum atomic E-state index is -4.33. The van der Waals surface area contributed by atoms with Crippen LogP contribution < -0.4 is 10.6 Å². The lowest BCUT2D eigenvalue weighted by atomic mass is 9.78. The number of rotatable bonds is 6. The van der Waals surface area contributed by atoms with E-state index in [4.69, 9.17) is 4.74 Å². The molecule has 1 fully saturated rings. The van der Waals surface area contributed by atoms with Gasteiger partial charge in [0, 0.05) is 13.2 Å². The van der Waals surface area contributed by atoms with Crippen LogP contribution in [0.1, 0.15) is 30.9 Å². The molecule has 1 aliphatic heterocycles. The van der Waals surface area contributed by atoms with Crippen molar-refractivity contribution < 1.29 is 22.7 Å². The van der Waals surface area contributed by atoms with Gasteiger partial charge in [-0.25, -0.2) is 0 Å². The Morgan fingerprint density at radius 1 is 1.27 bits per heavy atom. The van der Waals surface area contributed by atoms with E-state index in [1.54, 1.807) is 7.11 Å². The lowest BCUT2D eigenvalue weighted by Crippen LogP contribution is -2.52. The molecule has 1 aromatic carbocycles. The molecular formula is C18H26ClF3N2O2. The van der Waals surface area contributed by atoms with Crippen molar-refractivity contribution in [3.63, 3.8) is 0 Å². The topological polar surface area (TPSA) is 50.4 Å². The fraction of sp³-hybridized carbons (Fsp3) is 0.611. The number of methoxy groups -OCH3 is 1. The Balaban J connectivity index is 0.00000338. The number of carbonyl (C=O) groups excluding carboxylic acids is 1. The van der Waals surface area contributed by atoms with Crippen molar-refractivity contribution in [3.05, 3.63) is 35.4 Å². The van der Waals surface area contributed by atoms with Crippen LogP contribution in [0.15, 0.2) is 24.3 Å². The summed E-state index contributed by atoms with van der Waals surface area (Å²) < 4.78 is 43.1. The molecule has 1 amide bonds. The summed E-state index contributed by atoms with van der Waals surface area (Å²) in [5.41, 5.74) is -0.442. The van der Waals surface area contributed by atoms with Crippen molar-refractivity contribution in [3.8, 4) is 0 Å². The van der Waals surface area contributed by atoms with Gasteiger partial charge < -0.3 is 15.4 Å². The van der Waals surface area contributed by atoms with Crippen LogP contribution in [0.3, 0.4) is 0 Å². The molecule has 0 saturated carbocycles. The Labute approximate surface area is 158 Å². The Bertz CT molecular complexity index is 567. The number of ether oxygens (including phenoxy) is 1. The van der Waals surface area contributed by atoms with Gasteiger partial charge in [-0.05, 0) is 57.0 Å². The zero-order chi connectivity index (χ0) is 18.5. The highest BCUT2D eigenvalue weighted by Crippen LogP contribution is 2.30. The Morgan fingerprint density at radius 2 is 1.85 bits per heavy atom. The smallest absolute Gasteiger partial charge is 0.384 e. The van der Waals surface area contributed by atoms with E-state index < -0.39 is 17.2 Å². The largest absolute Gasteiger partial charge is 0.416 e. The first-order valence-electron chi connectivity index (χ1n) is 8.43. The highest BCUT2D eigenvalue weighted by molar-refractivity contribution is 5.85. The highest BCUT2D eigenvalue weighted by Gasteiger charge is 2.40. The van der Waals surface area contributed by atoms with Crippen molar-refractivity contribution >= 4 is 18.3 Å². The lowest BCUT2D eigenvalue weighted by molar-refractivity contribution is -0.138. The maximum atomic E-state index is 12.7. The van der Waals surface area contributed by atoms with Gasteiger partial charge in [0.2, 0.25) is 5.91 Å². The molecule has 0 radical (unpaired) electrons. The van der Waals surface area contributed by atoms with E-state index in [9.17, 15) is 18.0 Å². The van der Waals surface area contributed by atoms with Gasteiger partial charge in [0.15, 0.2) is 0 Å². The number of carbonyl (C=O) groups is 1. The first-order valence-corrected chi connectivity index (χ1v) is 8.43. The summed E-state index contributed by atoms with van der Waals surface area (Å²) in [5.74, 6) is -0.0461. The molecule has 2 rings (SSSR count). The molecule has 4 nitrogen and oxygen atoms in total. The SMILES string of the molecule is COCC1(C(=O)NC(C)Cc2ccc(C(F)(F)F)cc2)CCNCC1.Cl. The summed E-state index contributed by atoms with van der Waals surface area (Å²) in [5, 5.41) is 6.24. The van der Waals surface area contributed by atoms with Gasteiger partial charge in [-0.1, -0.05) is 12.1 Å². The number of amides is 1. The standard InChI is InChI=1S/C18H25F3N2O2.ClH/c1-13(11-14-3-5-15(6-4-14)18(19,20)21)23-16(24)17(12-25-2)7-9-22-10-8-17;/h3-6,13,22H,7-12H2,1-2H3,(H,23,24);1H. The predicted molar refractivity (Wildman–Crippen MR) is 96.4 cm³/mol. The van der Waals surface area contributed by atoms with Crippen molar-refractivity contribution in [1.82, 2.24) is 10.6 Å². The third-order valence-electron chi connectivity index (χ3n) is 4.66. The number of hydrogen-bond acceptors (Lipinski definition) is 3. The van der Waals surface area contributed by atoms with Gasteiger partial charge >= 0.3 is 6.18 Å². The van der Waals surface area contributed by atoms with Crippen LogP contribution in [0.25, 0.3) is 0 Å². The van der Waals surface area contributed by atoms with Gasteiger partial charge in [0.05, 0.1) is 17.6 Å². The van der Waals surface area contributed by atoms with Crippen LogP contribution in [0, 0.1) is 5.41 Å². The first kappa shape index (κ1) is 22.7. The molecule has 1 atom stereocenters. The molecule has 0 aliphatic carbocycles. The van der Waals surface area contributed by atoms with Crippen molar-refractivity contribution in [2.24, 2.45) is 5.41 Å². The van der Waals surface area contributed by atoms with Crippen LogP contribution in [0.5, 0.6) is 0 Å². The molecular weight excluding hydrogens is 369 g/mol. The number of benzene rings is 1. The van der Waals surface area contributed by atoms with Crippen LogP contribution in [0.2, 0.25) is 0 Å². The van der Waals surface area contributed by atoms with E-state index in [1.807, 2.05) is 6.92 Å². The molecule has 0 bridgehead atoms. The average molecular weight is 395 g/mol. The van der Waals surface area contributed by atoms with Crippen molar-refractivity contribution in [2.45, 2.75) is 38.4 Å². The Hall–Kier alpha value is -1.31. The summed E-state index contributed by atoms with van der Waals surface area (Å²) >= 11 is 0. The van der Waals surface area contributed by atoms with Crippen LogP contribution in [-0.4, -0.2) is 38.8 Å². The summed E-state index contributed by atoms with van der Waals surface area (Å²) in [6, 6.07) is 4.89. The summed E-state index contributed by atoms with van der Waals surface area (Å²) in [6.07, 6.45) is -2.44. The quantitative estimate of drug-likeness (QED) is 0.779. The third kappa shape index (κ3) is 5.86. The molecule has 0 aromatic heterocycles. The maximum absolute atomic E-state index is 12.7. The number of piperidine rings is 1. The molecule has 8 heteroatoms. The predicted octanol–water partition coefficient (Wildman–Crippen LogP) is 3.19. The molecule has 1 heterocycles. The molecule has 0 spiro atoms. The summed E-state index contributed by atoms with van der Waals surface area (Å²) in [7, 11) is 1.59. The third-order valence-corrected chi connectivity index (χ3v) is 4.66. The normalized spacial score (nSPS) is 17.9. The summed E-state index contributed by atoms with van der Waals surface area (Å²) in [4.78, 5) is 12.7. The molecule has 148 valence electrons. The van der Waals surface area contributed by atoms with Crippen molar-refractivity contribution in [2.75, 3.05) is 26.8 Å². The van der Waals surface area contributed by atoms with Gasteiger partial charge in [-0.15, -0.1) is 12.4 Å². The second kappa shape index (κ2) is 9.58. The number of halogens is 4. The first-order chi connectivity index (χ1) is 11.8. The molecule has 1 saturated heterocycles. The maximum Gasteiger partial charge on any atom is 0.416 e. The monoisotopic (exact) mass is 394 g/mol. The molecule has 1 aliphatic rings. The van der Waals surface area contributed by atoms with Crippen molar-refractivity contribution in [1.29, 1.82) is 0 Å². The van der Waals surface area contributed by atoms with Gasteiger partial charge in [-0.2, -0.15) is 13.2 Å². The molecule has 1 unspecified atom stereocenters. The Morgan fingerprint density at radius 3 is 2.35 bits per heavy atom. The number of alkyl halides is 3. The second-order valence-electron chi connectivity index (χ2n) is 6.74. The second-order valence-corrected chi connectivity index (χ2v) is 6.74. The zero-order valence-corrected chi connectivity index (χ0v) is 15.8. The van der Waals surface area contributed by atoms with Gasteiger partial charge in [0.1, 0.15) is 0 Å². The van der Waals surface area contributed by atoms with E-state index in [-0.39, 0.29) is 24.4 Å². The Kier molecular flexibility index (Phi) is 8.37.